The summed E-state index contributed by atoms with van der Waals surface area (Å²) in [7, 11) is 1.67. The summed E-state index contributed by atoms with van der Waals surface area (Å²) in [5.74, 6) is 0.687. The Bertz CT molecular complexity index is 1200. The molecule has 6 nitrogen and oxygen atoms in total. The number of fused-ring (bicyclic) bond motifs is 4. The zero-order chi connectivity index (χ0) is 22.4. The molecular formula is C26H29N3O3. The molecule has 2 atom stereocenters. The number of benzene rings is 2. The Morgan fingerprint density at radius 3 is 2.78 bits per heavy atom. The Morgan fingerprint density at radius 2 is 2.03 bits per heavy atom. The fraction of sp³-hybridized carbons (Fsp3) is 0.385. The summed E-state index contributed by atoms with van der Waals surface area (Å²) in [6.07, 6.45) is 2.85. The summed E-state index contributed by atoms with van der Waals surface area (Å²) in [6.45, 7) is 4.48. The summed E-state index contributed by atoms with van der Waals surface area (Å²) in [6, 6.07) is 13.1. The number of rotatable bonds is 5. The summed E-state index contributed by atoms with van der Waals surface area (Å²) >= 11 is 0. The fourth-order valence-corrected chi connectivity index (χ4v) is 5.28. The van der Waals surface area contributed by atoms with Crippen molar-refractivity contribution in [2.45, 2.75) is 51.7 Å². The van der Waals surface area contributed by atoms with Gasteiger partial charge in [0.25, 0.3) is 5.91 Å². The van der Waals surface area contributed by atoms with Crippen LogP contribution in [0.1, 0.15) is 59.9 Å². The van der Waals surface area contributed by atoms with Crippen molar-refractivity contribution in [3.63, 3.8) is 0 Å². The van der Waals surface area contributed by atoms with E-state index >= 15 is 0 Å². The van der Waals surface area contributed by atoms with Crippen molar-refractivity contribution in [1.82, 2.24) is 15.2 Å². The molecule has 1 unspecified atom stereocenters. The molecule has 2 N–H and O–H groups in total. The van der Waals surface area contributed by atoms with E-state index in [1.807, 2.05) is 50.2 Å². The van der Waals surface area contributed by atoms with Crippen molar-refractivity contribution in [2.75, 3.05) is 7.11 Å². The number of aryl methyl sites for hydroxylation is 1. The predicted octanol–water partition coefficient (Wildman–Crippen LogP) is 4.35. The van der Waals surface area contributed by atoms with E-state index < -0.39 is 6.04 Å². The van der Waals surface area contributed by atoms with E-state index in [1.54, 1.807) is 12.0 Å². The number of nitrogens with one attached hydrogen (secondary N) is 2. The average Bonchev–Trinajstić information content (AvgIpc) is 3.32. The van der Waals surface area contributed by atoms with Crippen LogP contribution < -0.4 is 10.1 Å². The number of nitrogens with zero attached hydrogens (tertiary/aromatic N) is 1. The highest BCUT2D eigenvalue weighted by atomic mass is 16.5. The van der Waals surface area contributed by atoms with Gasteiger partial charge in [-0.25, -0.2) is 0 Å². The van der Waals surface area contributed by atoms with Crippen LogP contribution in [0, 0.1) is 5.92 Å². The number of hydrogen-bond acceptors (Lipinski definition) is 3. The minimum Gasteiger partial charge on any atom is -0.497 e. The lowest BCUT2D eigenvalue weighted by Gasteiger charge is -2.32. The van der Waals surface area contributed by atoms with Gasteiger partial charge in [0.05, 0.1) is 13.2 Å². The number of methoxy groups -OCH3 is 1. The zero-order valence-electron chi connectivity index (χ0n) is 18.8. The molecule has 166 valence electrons. The SMILES string of the molecule is COc1ccc2[nH]c3c(c2c1)CCCC3NC(=O)[C@H](C(C)C)N1Cc2ccccc2C1=O. The van der Waals surface area contributed by atoms with Crippen molar-refractivity contribution >= 4 is 22.7 Å². The molecule has 2 aliphatic rings. The van der Waals surface area contributed by atoms with Crippen molar-refractivity contribution in [1.29, 1.82) is 0 Å². The third-order valence-corrected chi connectivity index (χ3v) is 6.82. The van der Waals surface area contributed by atoms with E-state index in [-0.39, 0.29) is 23.8 Å². The lowest BCUT2D eigenvalue weighted by Crippen LogP contribution is -2.51. The summed E-state index contributed by atoms with van der Waals surface area (Å²) in [5.41, 5.74) is 5.08. The highest BCUT2D eigenvalue weighted by molar-refractivity contribution is 6.01. The molecule has 6 heteroatoms. The van der Waals surface area contributed by atoms with E-state index in [0.29, 0.717) is 12.1 Å². The van der Waals surface area contributed by atoms with E-state index in [0.717, 1.165) is 47.2 Å². The minimum absolute atomic E-state index is 0.00305. The maximum atomic E-state index is 13.5. The molecule has 1 aliphatic carbocycles. The first-order chi connectivity index (χ1) is 15.5. The first-order valence-corrected chi connectivity index (χ1v) is 11.4. The fourth-order valence-electron chi connectivity index (χ4n) is 5.28. The lowest BCUT2D eigenvalue weighted by atomic mass is 9.91. The van der Waals surface area contributed by atoms with Crippen LogP contribution in [0.15, 0.2) is 42.5 Å². The highest BCUT2D eigenvalue weighted by Crippen LogP contribution is 2.36. The number of aromatic nitrogens is 1. The van der Waals surface area contributed by atoms with E-state index in [4.69, 9.17) is 4.74 Å². The second-order valence-corrected chi connectivity index (χ2v) is 9.16. The van der Waals surface area contributed by atoms with Gasteiger partial charge in [-0.05, 0) is 60.6 Å². The van der Waals surface area contributed by atoms with Crippen LogP contribution in [0.3, 0.4) is 0 Å². The van der Waals surface area contributed by atoms with Crippen LogP contribution in [0.2, 0.25) is 0 Å². The predicted molar refractivity (Wildman–Crippen MR) is 124 cm³/mol. The second kappa shape index (κ2) is 8.01. The molecule has 0 bridgehead atoms. The van der Waals surface area contributed by atoms with Gasteiger partial charge in [-0.2, -0.15) is 0 Å². The molecular weight excluding hydrogens is 402 g/mol. The van der Waals surface area contributed by atoms with Crippen molar-refractivity contribution in [3.05, 3.63) is 64.8 Å². The van der Waals surface area contributed by atoms with E-state index in [9.17, 15) is 9.59 Å². The van der Waals surface area contributed by atoms with Crippen LogP contribution in [0.4, 0.5) is 0 Å². The molecule has 5 rings (SSSR count). The van der Waals surface area contributed by atoms with Gasteiger partial charge in [-0.15, -0.1) is 0 Å². The van der Waals surface area contributed by atoms with Gasteiger partial charge in [-0.3, -0.25) is 9.59 Å². The van der Waals surface area contributed by atoms with Crippen molar-refractivity contribution in [2.24, 2.45) is 5.92 Å². The molecule has 1 aliphatic heterocycles. The lowest BCUT2D eigenvalue weighted by molar-refractivity contribution is -0.128. The number of ether oxygens (including phenoxy) is 1. The van der Waals surface area contributed by atoms with E-state index in [2.05, 4.69) is 16.4 Å². The topological polar surface area (TPSA) is 74.4 Å². The Morgan fingerprint density at radius 1 is 1.22 bits per heavy atom. The van der Waals surface area contributed by atoms with Gasteiger partial charge in [0, 0.05) is 28.7 Å². The van der Waals surface area contributed by atoms with E-state index in [1.165, 1.54) is 5.56 Å². The van der Waals surface area contributed by atoms with Gasteiger partial charge >= 0.3 is 0 Å². The summed E-state index contributed by atoms with van der Waals surface area (Å²) in [5, 5.41) is 4.43. The molecule has 2 aromatic carbocycles. The molecule has 1 aromatic heterocycles. The highest BCUT2D eigenvalue weighted by Gasteiger charge is 2.39. The molecule has 0 radical (unpaired) electrons. The van der Waals surface area contributed by atoms with Gasteiger partial charge in [0.1, 0.15) is 11.8 Å². The molecule has 3 aromatic rings. The maximum Gasteiger partial charge on any atom is 0.255 e. The first kappa shape index (κ1) is 20.6. The largest absolute Gasteiger partial charge is 0.497 e. The van der Waals surface area contributed by atoms with Crippen LogP contribution in [-0.2, 0) is 17.8 Å². The van der Waals surface area contributed by atoms with Gasteiger partial charge in [0.15, 0.2) is 0 Å². The molecule has 0 saturated heterocycles. The van der Waals surface area contributed by atoms with Crippen LogP contribution in [0.5, 0.6) is 5.75 Å². The molecule has 0 saturated carbocycles. The quantitative estimate of drug-likeness (QED) is 0.631. The number of carbonyl (C=O) groups excluding carboxylic acids is 2. The number of hydrogen-bond donors (Lipinski definition) is 2. The van der Waals surface area contributed by atoms with Gasteiger partial charge < -0.3 is 19.9 Å². The van der Waals surface area contributed by atoms with Crippen molar-refractivity contribution < 1.29 is 14.3 Å². The van der Waals surface area contributed by atoms with Crippen LogP contribution in [0.25, 0.3) is 10.9 Å². The normalized spacial score (nSPS) is 18.6. The first-order valence-electron chi connectivity index (χ1n) is 11.4. The number of carbonyl (C=O) groups is 2. The molecule has 0 spiro atoms. The summed E-state index contributed by atoms with van der Waals surface area (Å²) in [4.78, 5) is 31.8. The smallest absolute Gasteiger partial charge is 0.255 e. The monoisotopic (exact) mass is 431 g/mol. The molecule has 2 heterocycles. The number of H-pyrrole nitrogens is 1. The number of amides is 2. The van der Waals surface area contributed by atoms with Crippen LogP contribution >= 0.6 is 0 Å². The zero-order valence-corrected chi connectivity index (χ0v) is 18.8. The summed E-state index contributed by atoms with van der Waals surface area (Å²) < 4.78 is 5.40. The Kier molecular flexibility index (Phi) is 5.16. The maximum absolute atomic E-state index is 13.5. The van der Waals surface area contributed by atoms with Crippen LogP contribution in [-0.4, -0.2) is 34.8 Å². The Labute approximate surface area is 187 Å². The second-order valence-electron chi connectivity index (χ2n) is 9.16. The Hall–Kier alpha value is -3.28. The third-order valence-electron chi connectivity index (χ3n) is 6.82. The van der Waals surface area contributed by atoms with Gasteiger partial charge in [-0.1, -0.05) is 32.0 Å². The molecule has 32 heavy (non-hydrogen) atoms. The van der Waals surface area contributed by atoms with Crippen molar-refractivity contribution in [3.8, 4) is 5.75 Å². The average molecular weight is 432 g/mol. The molecule has 2 amide bonds. The standard InChI is InChI=1S/C26H29N3O3/c1-15(2)24(29-14-16-7-4-5-8-18(16)26(29)31)25(30)28-22-10-6-9-19-20-13-17(32-3)11-12-21(20)27-23(19)22/h4-5,7-8,11-13,15,22,24,27H,6,9-10,14H2,1-3H3,(H,28,30)/t22?,24-/m0/s1. The number of aromatic amines is 1. The van der Waals surface area contributed by atoms with Gasteiger partial charge in [0.2, 0.25) is 5.91 Å². The third kappa shape index (κ3) is 3.34. The Balaban J connectivity index is 1.42. The molecule has 0 fully saturated rings. The minimum atomic E-state index is -0.509.